The first kappa shape index (κ1) is 16.2. The maximum absolute atomic E-state index is 13.1. The number of nitrogens with one attached hydrogen (secondary N) is 1. The van der Waals surface area contributed by atoms with E-state index in [2.05, 4.69) is 14.8 Å². The first-order valence-corrected chi connectivity index (χ1v) is 8.17. The third-order valence-corrected chi connectivity index (χ3v) is 4.61. The Kier molecular flexibility index (Phi) is 3.71. The lowest BCUT2D eigenvalue weighted by Gasteiger charge is -2.14. The first-order valence-electron chi connectivity index (χ1n) is 6.69. The minimum Gasteiger partial charge on any atom is -0.263 e. The van der Waals surface area contributed by atoms with Gasteiger partial charge in [0, 0.05) is 12.3 Å². The highest BCUT2D eigenvalue weighted by molar-refractivity contribution is 7.92. The van der Waals surface area contributed by atoms with Gasteiger partial charge in [-0.25, -0.2) is 13.4 Å². The molecular weight excluding hydrogens is 345 g/mol. The summed E-state index contributed by atoms with van der Waals surface area (Å²) in [5.74, 6) is -0.00919. The molecule has 6 nitrogen and oxygen atoms in total. The Bertz CT molecular complexity index is 1010. The van der Waals surface area contributed by atoms with Crippen LogP contribution in [0.1, 0.15) is 11.3 Å². The molecule has 10 heteroatoms. The summed E-state index contributed by atoms with van der Waals surface area (Å²) in [5, 5.41) is 4.07. The zero-order valence-electron chi connectivity index (χ0n) is 12.2. The second-order valence-electron chi connectivity index (χ2n) is 4.99. The van der Waals surface area contributed by atoms with Gasteiger partial charge in [0.05, 0.1) is 16.2 Å². The lowest BCUT2D eigenvalue weighted by Crippen LogP contribution is -2.20. The van der Waals surface area contributed by atoms with Crippen LogP contribution in [0.4, 0.5) is 19.0 Å². The quantitative estimate of drug-likeness (QED) is 0.783. The molecule has 0 atom stereocenters. The van der Waals surface area contributed by atoms with Crippen LogP contribution < -0.4 is 4.72 Å². The van der Waals surface area contributed by atoms with Crippen LogP contribution in [-0.2, 0) is 16.2 Å². The number of hydrogen-bond donors (Lipinski definition) is 1. The van der Waals surface area contributed by atoms with Crippen molar-refractivity contribution in [1.82, 2.24) is 14.6 Å². The molecule has 0 amide bonds. The van der Waals surface area contributed by atoms with Gasteiger partial charge in [0.1, 0.15) is 5.82 Å². The van der Waals surface area contributed by atoms with Crippen molar-refractivity contribution in [3.8, 4) is 0 Å². The summed E-state index contributed by atoms with van der Waals surface area (Å²) < 4.78 is 67.4. The zero-order chi connectivity index (χ0) is 17.5. The van der Waals surface area contributed by atoms with Gasteiger partial charge in [0.2, 0.25) is 0 Å². The van der Waals surface area contributed by atoms with Gasteiger partial charge < -0.3 is 0 Å². The Morgan fingerprint density at radius 3 is 2.58 bits per heavy atom. The van der Waals surface area contributed by atoms with E-state index in [1.807, 2.05) is 0 Å². The maximum Gasteiger partial charge on any atom is 0.417 e. The summed E-state index contributed by atoms with van der Waals surface area (Å²) in [6.45, 7) is 1.69. The molecule has 1 aromatic carbocycles. The number of alkyl halides is 3. The minimum absolute atomic E-state index is 0.00919. The second-order valence-corrected chi connectivity index (χ2v) is 6.64. The number of rotatable bonds is 3. The number of aryl methyl sites for hydroxylation is 1. The molecule has 2 heterocycles. The van der Waals surface area contributed by atoms with Crippen molar-refractivity contribution < 1.29 is 21.6 Å². The average Bonchev–Trinajstić information content (AvgIpc) is 2.88. The van der Waals surface area contributed by atoms with Crippen molar-refractivity contribution in [2.24, 2.45) is 0 Å². The highest BCUT2D eigenvalue weighted by Crippen LogP contribution is 2.34. The Morgan fingerprint density at radius 1 is 1.17 bits per heavy atom. The van der Waals surface area contributed by atoms with Crippen LogP contribution in [0.15, 0.2) is 47.5 Å². The molecule has 0 unspecified atom stereocenters. The van der Waals surface area contributed by atoms with Crippen LogP contribution in [0.2, 0.25) is 0 Å². The second kappa shape index (κ2) is 5.48. The van der Waals surface area contributed by atoms with E-state index in [0.717, 1.165) is 18.2 Å². The monoisotopic (exact) mass is 356 g/mol. The van der Waals surface area contributed by atoms with Crippen LogP contribution in [0, 0.1) is 6.92 Å². The minimum atomic E-state index is -4.79. The average molecular weight is 356 g/mol. The summed E-state index contributed by atoms with van der Waals surface area (Å²) in [7, 11) is -4.47. The van der Waals surface area contributed by atoms with E-state index in [4.69, 9.17) is 0 Å². The molecule has 24 heavy (non-hydrogen) atoms. The predicted octanol–water partition coefficient (Wildman–Crippen LogP) is 2.86. The highest BCUT2D eigenvalue weighted by atomic mass is 32.2. The van der Waals surface area contributed by atoms with Gasteiger partial charge in [0.15, 0.2) is 5.65 Å². The molecule has 1 N–H and O–H groups in total. The van der Waals surface area contributed by atoms with Crippen LogP contribution in [0.25, 0.3) is 5.65 Å². The Labute approximate surface area is 135 Å². The molecule has 0 aliphatic heterocycles. The lowest BCUT2D eigenvalue weighted by molar-refractivity contribution is -0.139. The molecular formula is C14H11F3N4O2S. The Morgan fingerprint density at radius 2 is 1.88 bits per heavy atom. The number of nitrogens with zero attached hydrogens (tertiary/aromatic N) is 3. The van der Waals surface area contributed by atoms with Crippen LogP contribution in [0.5, 0.6) is 0 Å². The van der Waals surface area contributed by atoms with Crippen molar-refractivity contribution in [3.63, 3.8) is 0 Å². The van der Waals surface area contributed by atoms with Crippen LogP contribution in [-0.4, -0.2) is 23.0 Å². The van der Waals surface area contributed by atoms with E-state index in [1.165, 1.54) is 22.8 Å². The van der Waals surface area contributed by atoms with Gasteiger partial charge in [-0.2, -0.15) is 22.8 Å². The van der Waals surface area contributed by atoms with Gasteiger partial charge >= 0.3 is 6.18 Å². The van der Waals surface area contributed by atoms with Gasteiger partial charge in [0.25, 0.3) is 10.0 Å². The molecule has 0 spiro atoms. The smallest absolute Gasteiger partial charge is 0.263 e. The molecule has 3 aromatic rings. The number of sulfonamides is 1. The summed E-state index contributed by atoms with van der Waals surface area (Å²) >= 11 is 0. The van der Waals surface area contributed by atoms with E-state index >= 15 is 0 Å². The molecule has 0 saturated carbocycles. The first-order chi connectivity index (χ1) is 11.2. The van der Waals surface area contributed by atoms with Crippen molar-refractivity contribution >= 4 is 21.5 Å². The van der Waals surface area contributed by atoms with Gasteiger partial charge in [-0.15, -0.1) is 0 Å². The van der Waals surface area contributed by atoms with Crippen LogP contribution >= 0.6 is 0 Å². The molecule has 0 saturated heterocycles. The van der Waals surface area contributed by atoms with Crippen molar-refractivity contribution in [1.29, 1.82) is 0 Å². The topological polar surface area (TPSA) is 76.4 Å². The number of fused-ring (bicyclic) bond motifs is 1. The van der Waals surface area contributed by atoms with Crippen LogP contribution in [0.3, 0.4) is 0 Å². The Balaban J connectivity index is 2.10. The number of aromatic nitrogens is 3. The zero-order valence-corrected chi connectivity index (χ0v) is 13.1. The molecule has 0 aliphatic rings. The number of halogens is 3. The standard InChI is InChI=1S/C14H11F3N4O2S/c1-9-8-13-18-7-6-12(21(13)19-9)20-24(22,23)11-5-3-2-4-10(11)14(15,16)17/h2-8,20H,1H3. The van der Waals surface area contributed by atoms with Crippen molar-refractivity contribution in [2.75, 3.05) is 4.72 Å². The predicted molar refractivity (Wildman–Crippen MR) is 80.0 cm³/mol. The summed E-state index contributed by atoms with van der Waals surface area (Å²) in [6.07, 6.45) is -3.45. The van der Waals surface area contributed by atoms with E-state index in [-0.39, 0.29) is 5.82 Å². The SMILES string of the molecule is Cc1cc2nccc(NS(=O)(=O)c3ccccc3C(F)(F)F)n2n1. The molecule has 2 aromatic heterocycles. The van der Waals surface area contributed by atoms with Gasteiger partial charge in [-0.1, -0.05) is 12.1 Å². The van der Waals surface area contributed by atoms with Gasteiger partial charge in [-0.3, -0.25) is 4.72 Å². The fraction of sp³-hybridized carbons (Fsp3) is 0.143. The molecule has 0 bridgehead atoms. The number of benzene rings is 1. The highest BCUT2D eigenvalue weighted by Gasteiger charge is 2.37. The van der Waals surface area contributed by atoms with Crippen molar-refractivity contribution in [2.45, 2.75) is 18.0 Å². The fourth-order valence-corrected chi connectivity index (χ4v) is 3.49. The molecule has 0 fully saturated rings. The summed E-state index contributed by atoms with van der Waals surface area (Å²) in [6, 6.07) is 6.90. The molecule has 126 valence electrons. The van der Waals surface area contributed by atoms with E-state index < -0.39 is 26.7 Å². The Hall–Kier alpha value is -2.62. The molecule has 0 aliphatic carbocycles. The third kappa shape index (κ3) is 2.92. The summed E-state index contributed by atoms with van der Waals surface area (Å²) in [4.78, 5) is 3.15. The number of hydrogen-bond acceptors (Lipinski definition) is 4. The summed E-state index contributed by atoms with van der Waals surface area (Å²) in [5.41, 5.74) is -0.277. The normalized spacial score (nSPS) is 12.5. The lowest BCUT2D eigenvalue weighted by atomic mass is 10.2. The third-order valence-electron chi connectivity index (χ3n) is 3.20. The maximum atomic E-state index is 13.1. The fourth-order valence-electron chi connectivity index (χ4n) is 2.21. The van der Waals surface area contributed by atoms with E-state index in [9.17, 15) is 21.6 Å². The van der Waals surface area contributed by atoms with Gasteiger partial charge in [-0.05, 0) is 25.1 Å². The molecule has 0 radical (unpaired) electrons. The number of anilines is 1. The largest absolute Gasteiger partial charge is 0.417 e. The molecule has 3 rings (SSSR count). The van der Waals surface area contributed by atoms with E-state index in [0.29, 0.717) is 11.3 Å². The van der Waals surface area contributed by atoms with Crippen molar-refractivity contribution in [3.05, 3.63) is 53.9 Å². The van der Waals surface area contributed by atoms with E-state index in [1.54, 1.807) is 13.0 Å².